The van der Waals surface area contributed by atoms with Gasteiger partial charge in [-0.05, 0) is 25.0 Å². The first kappa shape index (κ1) is 18.9. The maximum atomic E-state index is 15.2. The third kappa shape index (κ3) is 3.15. The standard InChI is InChI=1S/C16H16FN3O6S2/c17-14-15-10(1-2-11(18-15)9-3-5-27(23,24)6-4-9)7-12(21)16(14)20-8-13(22)19-28(20,25)26/h1-2,7,9,21H,3-6,8H2,(H,19,22). The van der Waals surface area contributed by atoms with Crippen LogP contribution in [0.15, 0.2) is 18.2 Å². The Morgan fingerprint density at radius 1 is 1.18 bits per heavy atom. The summed E-state index contributed by atoms with van der Waals surface area (Å²) in [6.45, 7) is -0.654. The van der Waals surface area contributed by atoms with Crippen molar-refractivity contribution in [3.8, 4) is 5.75 Å². The molecule has 1 aromatic carbocycles. The van der Waals surface area contributed by atoms with Gasteiger partial charge in [0.05, 0.1) is 11.5 Å². The maximum absolute atomic E-state index is 15.2. The SMILES string of the molecule is O=C1CN(c2c(O)cc3ccc(C4CCS(=O)(=O)CC4)nc3c2F)S(=O)(=O)N1. The lowest BCUT2D eigenvalue weighted by Crippen LogP contribution is -2.30. The number of aromatic hydroxyl groups is 1. The van der Waals surface area contributed by atoms with E-state index in [1.807, 2.05) is 0 Å². The Kier molecular flexibility index (Phi) is 4.23. The summed E-state index contributed by atoms with van der Waals surface area (Å²) in [5.41, 5.74) is -0.313. The molecule has 1 amide bonds. The Bertz CT molecular complexity index is 1200. The van der Waals surface area contributed by atoms with Crippen LogP contribution in [0, 0.1) is 5.82 Å². The second-order valence-electron chi connectivity index (χ2n) is 6.83. The van der Waals surface area contributed by atoms with Gasteiger partial charge in [0.25, 0.3) is 5.91 Å². The number of rotatable bonds is 2. The van der Waals surface area contributed by atoms with Crippen molar-refractivity contribution in [3.05, 3.63) is 29.7 Å². The highest BCUT2D eigenvalue weighted by atomic mass is 32.2. The monoisotopic (exact) mass is 429 g/mol. The predicted molar refractivity (Wildman–Crippen MR) is 98.4 cm³/mol. The van der Waals surface area contributed by atoms with E-state index in [-0.39, 0.29) is 28.3 Å². The van der Waals surface area contributed by atoms with Gasteiger partial charge in [-0.15, -0.1) is 0 Å². The van der Waals surface area contributed by atoms with E-state index < -0.39 is 49.8 Å². The minimum absolute atomic E-state index is 0.0283. The van der Waals surface area contributed by atoms with Crippen LogP contribution in [0.25, 0.3) is 10.9 Å². The number of phenolic OH excluding ortho intramolecular Hbond substituents is 1. The van der Waals surface area contributed by atoms with Crippen LogP contribution in [0.3, 0.4) is 0 Å². The van der Waals surface area contributed by atoms with Gasteiger partial charge >= 0.3 is 10.2 Å². The number of nitrogens with zero attached hydrogens (tertiary/aromatic N) is 2. The van der Waals surface area contributed by atoms with Crippen LogP contribution in [0.5, 0.6) is 5.75 Å². The first-order chi connectivity index (χ1) is 13.1. The first-order valence-corrected chi connectivity index (χ1v) is 11.7. The number of hydrogen-bond acceptors (Lipinski definition) is 7. The number of phenols is 1. The van der Waals surface area contributed by atoms with Gasteiger partial charge in [0.15, 0.2) is 5.82 Å². The zero-order valence-electron chi connectivity index (χ0n) is 14.4. The maximum Gasteiger partial charge on any atom is 0.326 e. The van der Waals surface area contributed by atoms with E-state index in [1.54, 1.807) is 10.8 Å². The van der Waals surface area contributed by atoms with Crippen molar-refractivity contribution in [1.82, 2.24) is 9.71 Å². The molecule has 2 aromatic rings. The third-order valence-electron chi connectivity index (χ3n) is 4.94. The van der Waals surface area contributed by atoms with Crippen molar-refractivity contribution in [1.29, 1.82) is 0 Å². The zero-order valence-corrected chi connectivity index (χ0v) is 16.1. The van der Waals surface area contributed by atoms with E-state index in [9.17, 15) is 26.7 Å². The number of hydrogen-bond donors (Lipinski definition) is 2. The largest absolute Gasteiger partial charge is 0.506 e. The van der Waals surface area contributed by atoms with E-state index in [0.29, 0.717) is 22.8 Å². The third-order valence-corrected chi connectivity index (χ3v) is 8.03. The molecule has 150 valence electrons. The fourth-order valence-electron chi connectivity index (χ4n) is 3.51. The number of anilines is 1. The molecule has 0 spiro atoms. The van der Waals surface area contributed by atoms with Crippen molar-refractivity contribution >= 4 is 42.5 Å². The molecule has 0 atom stereocenters. The molecule has 2 fully saturated rings. The van der Waals surface area contributed by atoms with Gasteiger partial charge in [-0.3, -0.25) is 4.79 Å². The summed E-state index contributed by atoms with van der Waals surface area (Å²) in [6, 6.07) is 4.35. The highest BCUT2D eigenvalue weighted by Gasteiger charge is 2.38. The van der Waals surface area contributed by atoms with E-state index in [1.165, 1.54) is 12.1 Å². The molecule has 0 unspecified atom stereocenters. The number of fused-ring (bicyclic) bond motifs is 1. The second-order valence-corrected chi connectivity index (χ2v) is 10.7. The molecule has 12 heteroatoms. The van der Waals surface area contributed by atoms with Gasteiger partial charge < -0.3 is 5.11 Å². The lowest BCUT2D eigenvalue weighted by molar-refractivity contribution is -0.117. The molecule has 0 radical (unpaired) electrons. The number of pyridine rings is 1. The highest BCUT2D eigenvalue weighted by Crippen LogP contribution is 2.38. The Labute approximate surface area is 160 Å². The molecule has 0 saturated carbocycles. The molecule has 4 rings (SSSR count). The highest BCUT2D eigenvalue weighted by molar-refractivity contribution is 7.92. The summed E-state index contributed by atoms with van der Waals surface area (Å²) in [4.78, 5) is 15.7. The van der Waals surface area contributed by atoms with Crippen LogP contribution in [0.2, 0.25) is 0 Å². The van der Waals surface area contributed by atoms with Crippen molar-refractivity contribution in [2.75, 3.05) is 22.4 Å². The summed E-state index contributed by atoms with van der Waals surface area (Å²) in [7, 11) is -7.37. The lowest BCUT2D eigenvalue weighted by Gasteiger charge is -2.22. The van der Waals surface area contributed by atoms with Crippen molar-refractivity contribution in [2.45, 2.75) is 18.8 Å². The summed E-state index contributed by atoms with van der Waals surface area (Å²) < 4.78 is 64.6. The summed E-state index contributed by atoms with van der Waals surface area (Å²) in [5.74, 6) is -2.66. The molecule has 1 aromatic heterocycles. The number of carbonyl (C=O) groups is 1. The number of benzene rings is 1. The lowest BCUT2D eigenvalue weighted by atomic mass is 9.97. The van der Waals surface area contributed by atoms with Gasteiger partial charge in [0, 0.05) is 17.0 Å². The quantitative estimate of drug-likeness (QED) is 0.712. The minimum atomic E-state index is -4.31. The van der Waals surface area contributed by atoms with Crippen LogP contribution in [-0.2, 0) is 24.8 Å². The van der Waals surface area contributed by atoms with E-state index >= 15 is 4.39 Å². The molecule has 2 saturated heterocycles. The molecule has 0 aliphatic carbocycles. The summed E-state index contributed by atoms with van der Waals surface area (Å²) in [6.07, 6.45) is 0.735. The topological polar surface area (TPSA) is 134 Å². The molecule has 3 heterocycles. The van der Waals surface area contributed by atoms with E-state index in [0.717, 1.165) is 0 Å². The zero-order chi connectivity index (χ0) is 20.3. The van der Waals surface area contributed by atoms with Crippen LogP contribution in [0.1, 0.15) is 24.5 Å². The molecular weight excluding hydrogens is 413 g/mol. The number of amides is 1. The molecule has 28 heavy (non-hydrogen) atoms. The molecule has 2 aliphatic rings. The van der Waals surface area contributed by atoms with Gasteiger partial charge in [0.2, 0.25) is 0 Å². The van der Waals surface area contributed by atoms with Crippen LogP contribution in [0.4, 0.5) is 10.1 Å². The first-order valence-electron chi connectivity index (χ1n) is 8.43. The second kappa shape index (κ2) is 6.27. The van der Waals surface area contributed by atoms with Crippen molar-refractivity contribution in [3.63, 3.8) is 0 Å². The average molecular weight is 429 g/mol. The Morgan fingerprint density at radius 2 is 1.86 bits per heavy atom. The smallest absolute Gasteiger partial charge is 0.326 e. The van der Waals surface area contributed by atoms with Crippen LogP contribution in [-0.4, -0.2) is 50.9 Å². The normalized spacial score (nSPS) is 21.8. The Hall–Kier alpha value is -2.47. The van der Waals surface area contributed by atoms with Gasteiger partial charge in [-0.1, -0.05) is 6.07 Å². The fraction of sp³-hybridized carbons (Fsp3) is 0.375. The van der Waals surface area contributed by atoms with Gasteiger partial charge in [0.1, 0.15) is 33.3 Å². The van der Waals surface area contributed by atoms with Crippen molar-refractivity contribution in [2.24, 2.45) is 0 Å². The van der Waals surface area contributed by atoms with Crippen LogP contribution < -0.4 is 9.03 Å². The number of sulfone groups is 1. The predicted octanol–water partition coefficient (Wildman–Crippen LogP) is 0.553. The van der Waals surface area contributed by atoms with Crippen LogP contribution >= 0.6 is 0 Å². The average Bonchev–Trinajstić information content (AvgIpc) is 2.87. The van der Waals surface area contributed by atoms with Crippen molar-refractivity contribution < 1.29 is 31.1 Å². The number of carbonyl (C=O) groups excluding carboxylic acids is 1. The fourth-order valence-corrected chi connectivity index (χ4v) is 6.17. The Balaban J connectivity index is 1.80. The minimum Gasteiger partial charge on any atom is -0.506 e. The molecule has 2 aliphatic heterocycles. The molecular formula is C16H16FN3O6S2. The Morgan fingerprint density at radius 3 is 2.46 bits per heavy atom. The van der Waals surface area contributed by atoms with E-state index in [4.69, 9.17) is 0 Å². The van der Waals surface area contributed by atoms with Gasteiger partial charge in [-0.25, -0.2) is 26.8 Å². The number of halogens is 1. The van der Waals surface area contributed by atoms with Gasteiger partial charge in [-0.2, -0.15) is 8.42 Å². The molecule has 9 nitrogen and oxygen atoms in total. The molecule has 0 bridgehead atoms. The summed E-state index contributed by atoms with van der Waals surface area (Å²) >= 11 is 0. The van der Waals surface area contributed by atoms with E-state index in [2.05, 4.69) is 4.98 Å². The summed E-state index contributed by atoms with van der Waals surface area (Å²) in [5, 5.41) is 10.4. The molecule has 2 N–H and O–H groups in total. The number of nitrogens with one attached hydrogen (secondary N) is 1. The number of aromatic nitrogens is 1.